The molecule has 0 spiro atoms. The molecule has 0 fully saturated rings. The molecule has 0 radical (unpaired) electrons. The van der Waals surface area contributed by atoms with Crippen LogP contribution in [-0.2, 0) is 6.42 Å². The minimum absolute atomic E-state index is 1.01. The summed E-state index contributed by atoms with van der Waals surface area (Å²) in [5.74, 6) is 0. The standard InChI is InChI=1S/C55H43N/c1-5-38-33-51-50(32-37(38)4)55(49-31-36(3)35(2)30-48(49)54(51)42-16-10-7-11-17-42)43-24-27-45(28-25-43)56-52-19-13-12-18-46(52)47-34-44(26-29-53(47)56)41-22-20-40(21-23-41)39-14-8-6-9-15-39/h6-34H,5H2,1-4H3. The van der Waals surface area contributed by atoms with Gasteiger partial charge in [-0.15, -0.1) is 0 Å². The number of hydrogen-bond donors (Lipinski definition) is 0. The Morgan fingerprint density at radius 1 is 0.339 bits per heavy atom. The molecule has 1 aromatic heterocycles. The average molecular weight is 718 g/mol. The van der Waals surface area contributed by atoms with Gasteiger partial charge in [-0.2, -0.15) is 0 Å². The van der Waals surface area contributed by atoms with E-state index in [1.807, 2.05) is 0 Å². The second kappa shape index (κ2) is 13.6. The monoisotopic (exact) mass is 717 g/mol. The Labute approximate surface area is 329 Å². The maximum atomic E-state index is 2.46. The first kappa shape index (κ1) is 33.8. The van der Waals surface area contributed by atoms with Gasteiger partial charge >= 0.3 is 0 Å². The molecule has 9 aromatic carbocycles. The van der Waals surface area contributed by atoms with Crippen LogP contribution in [0.25, 0.3) is 93.5 Å². The summed E-state index contributed by atoms with van der Waals surface area (Å²) in [5, 5.41) is 7.76. The second-order valence-corrected chi connectivity index (χ2v) is 15.4. The summed E-state index contributed by atoms with van der Waals surface area (Å²) in [7, 11) is 0. The van der Waals surface area contributed by atoms with E-state index in [1.54, 1.807) is 0 Å². The first-order chi connectivity index (χ1) is 27.5. The second-order valence-electron chi connectivity index (χ2n) is 15.4. The highest BCUT2D eigenvalue weighted by molar-refractivity contribution is 6.22. The van der Waals surface area contributed by atoms with Crippen LogP contribution in [0.4, 0.5) is 0 Å². The van der Waals surface area contributed by atoms with Gasteiger partial charge in [0.05, 0.1) is 11.0 Å². The van der Waals surface area contributed by atoms with Gasteiger partial charge in [0.25, 0.3) is 0 Å². The summed E-state index contributed by atoms with van der Waals surface area (Å²) in [6, 6.07) is 65.3. The highest BCUT2D eigenvalue weighted by Crippen LogP contribution is 2.46. The molecule has 0 aliphatic rings. The van der Waals surface area contributed by atoms with E-state index >= 15 is 0 Å². The van der Waals surface area contributed by atoms with Gasteiger partial charge in [-0.05, 0) is 146 Å². The van der Waals surface area contributed by atoms with Gasteiger partial charge in [-0.25, -0.2) is 0 Å². The van der Waals surface area contributed by atoms with E-state index in [0.29, 0.717) is 0 Å². The highest BCUT2D eigenvalue weighted by Gasteiger charge is 2.20. The molecule has 56 heavy (non-hydrogen) atoms. The number of benzene rings is 9. The number of para-hydroxylation sites is 1. The molecule has 0 N–H and O–H groups in total. The number of rotatable bonds is 6. The molecule has 1 nitrogen and oxygen atoms in total. The van der Waals surface area contributed by atoms with E-state index in [2.05, 4.69) is 208 Å². The van der Waals surface area contributed by atoms with Crippen molar-refractivity contribution < 1.29 is 0 Å². The molecule has 0 saturated carbocycles. The lowest BCUT2D eigenvalue weighted by molar-refractivity contribution is 1.12. The molecule has 10 rings (SSSR count). The molecule has 1 heteroatoms. The molecule has 1 heterocycles. The fourth-order valence-electron chi connectivity index (χ4n) is 8.99. The quantitative estimate of drug-likeness (QED) is 0.151. The zero-order valence-corrected chi connectivity index (χ0v) is 32.4. The van der Waals surface area contributed by atoms with Crippen molar-refractivity contribution in [1.82, 2.24) is 4.57 Å². The summed E-state index contributed by atoms with van der Waals surface area (Å²) < 4.78 is 2.43. The first-order valence-electron chi connectivity index (χ1n) is 19.8. The van der Waals surface area contributed by atoms with Crippen molar-refractivity contribution >= 4 is 43.4 Å². The Morgan fingerprint density at radius 3 is 1.41 bits per heavy atom. The lowest BCUT2D eigenvalue weighted by atomic mass is 9.83. The van der Waals surface area contributed by atoms with Gasteiger partial charge in [-0.1, -0.05) is 153 Å². The Hall–Kier alpha value is -6.70. The fourth-order valence-corrected chi connectivity index (χ4v) is 8.99. The lowest BCUT2D eigenvalue weighted by Gasteiger charge is -2.21. The Morgan fingerprint density at radius 2 is 0.786 bits per heavy atom. The van der Waals surface area contributed by atoms with Crippen molar-refractivity contribution in [2.75, 3.05) is 0 Å². The van der Waals surface area contributed by atoms with Crippen LogP contribution in [0.5, 0.6) is 0 Å². The summed E-state index contributed by atoms with van der Waals surface area (Å²) in [6.07, 6.45) is 1.01. The average Bonchev–Trinajstić information content (AvgIpc) is 3.58. The highest BCUT2D eigenvalue weighted by atomic mass is 15.0. The van der Waals surface area contributed by atoms with E-state index in [1.165, 1.54) is 110 Å². The predicted molar refractivity (Wildman–Crippen MR) is 241 cm³/mol. The van der Waals surface area contributed by atoms with Crippen molar-refractivity contribution in [2.45, 2.75) is 34.1 Å². The molecule has 0 aliphatic heterocycles. The fraction of sp³-hybridized carbons (Fsp3) is 0.0909. The largest absolute Gasteiger partial charge is 0.309 e. The van der Waals surface area contributed by atoms with E-state index < -0.39 is 0 Å². The minimum Gasteiger partial charge on any atom is -0.309 e. The van der Waals surface area contributed by atoms with Crippen LogP contribution in [0.1, 0.15) is 29.2 Å². The van der Waals surface area contributed by atoms with Crippen LogP contribution in [0.2, 0.25) is 0 Å². The van der Waals surface area contributed by atoms with E-state index in [9.17, 15) is 0 Å². The Kier molecular flexibility index (Phi) is 8.19. The molecule has 10 aromatic rings. The van der Waals surface area contributed by atoms with Crippen molar-refractivity contribution in [3.63, 3.8) is 0 Å². The van der Waals surface area contributed by atoms with Crippen molar-refractivity contribution in [3.05, 3.63) is 198 Å². The number of fused-ring (bicyclic) bond motifs is 5. The maximum Gasteiger partial charge on any atom is 0.0541 e. The van der Waals surface area contributed by atoms with Crippen LogP contribution < -0.4 is 0 Å². The van der Waals surface area contributed by atoms with Crippen molar-refractivity contribution in [1.29, 1.82) is 0 Å². The molecule has 0 unspecified atom stereocenters. The maximum absolute atomic E-state index is 2.46. The summed E-state index contributed by atoms with van der Waals surface area (Å²) >= 11 is 0. The molecule has 0 aliphatic carbocycles. The van der Waals surface area contributed by atoms with Crippen molar-refractivity contribution in [2.24, 2.45) is 0 Å². The van der Waals surface area contributed by atoms with Crippen LogP contribution in [0, 0.1) is 20.8 Å². The normalized spacial score (nSPS) is 11.6. The first-order valence-corrected chi connectivity index (χ1v) is 19.8. The Balaban J connectivity index is 1.13. The SMILES string of the molecule is CCc1cc2c(-c3ccccc3)c3cc(C)c(C)cc3c(-c3ccc(-n4c5ccccc5c5cc(-c6ccc(-c7ccccc7)cc6)ccc54)cc3)c2cc1C. The Bertz CT molecular complexity index is 3090. The lowest BCUT2D eigenvalue weighted by Crippen LogP contribution is -1.97. The molecular weight excluding hydrogens is 675 g/mol. The molecule has 0 amide bonds. The van der Waals surface area contributed by atoms with Gasteiger partial charge in [-0.3, -0.25) is 0 Å². The third-order valence-corrected chi connectivity index (χ3v) is 12.0. The van der Waals surface area contributed by atoms with Gasteiger partial charge in [0.1, 0.15) is 0 Å². The molecule has 0 bridgehead atoms. The smallest absolute Gasteiger partial charge is 0.0541 e. The summed E-state index contributed by atoms with van der Waals surface area (Å²) in [6.45, 7) is 9.02. The number of hydrogen-bond acceptors (Lipinski definition) is 0. The molecule has 0 saturated heterocycles. The molecule has 0 atom stereocenters. The van der Waals surface area contributed by atoms with Crippen LogP contribution >= 0.6 is 0 Å². The summed E-state index contributed by atoms with van der Waals surface area (Å²) in [4.78, 5) is 0. The number of aromatic nitrogens is 1. The summed E-state index contributed by atoms with van der Waals surface area (Å²) in [5.41, 5.74) is 19.0. The van der Waals surface area contributed by atoms with Gasteiger partial charge in [0.15, 0.2) is 0 Å². The third-order valence-electron chi connectivity index (χ3n) is 12.0. The zero-order valence-electron chi connectivity index (χ0n) is 32.4. The predicted octanol–water partition coefficient (Wildman–Crippen LogP) is 15.2. The minimum atomic E-state index is 1.01. The molecule has 268 valence electrons. The van der Waals surface area contributed by atoms with E-state index in [0.717, 1.165) is 12.1 Å². The van der Waals surface area contributed by atoms with Crippen LogP contribution in [-0.4, -0.2) is 4.57 Å². The van der Waals surface area contributed by atoms with Gasteiger partial charge in [0.2, 0.25) is 0 Å². The number of nitrogens with zero attached hydrogens (tertiary/aromatic N) is 1. The number of aryl methyl sites for hydroxylation is 4. The van der Waals surface area contributed by atoms with E-state index in [4.69, 9.17) is 0 Å². The van der Waals surface area contributed by atoms with Crippen molar-refractivity contribution in [3.8, 4) is 50.2 Å². The zero-order chi connectivity index (χ0) is 37.9. The van der Waals surface area contributed by atoms with Crippen LogP contribution in [0.3, 0.4) is 0 Å². The van der Waals surface area contributed by atoms with Crippen LogP contribution in [0.15, 0.2) is 176 Å². The molecular formula is C55H43N. The van der Waals surface area contributed by atoms with Gasteiger partial charge in [0, 0.05) is 16.5 Å². The third kappa shape index (κ3) is 5.54. The van der Waals surface area contributed by atoms with E-state index in [-0.39, 0.29) is 0 Å². The van der Waals surface area contributed by atoms with Gasteiger partial charge < -0.3 is 4.57 Å². The topological polar surface area (TPSA) is 4.93 Å².